The smallest absolute Gasteiger partial charge is 0.326 e. The second-order valence-electron chi connectivity index (χ2n) is 6.39. The van der Waals surface area contributed by atoms with Crippen molar-refractivity contribution in [1.29, 1.82) is 0 Å². The number of nitrogens with zero attached hydrogens (tertiary/aromatic N) is 4. The highest BCUT2D eigenvalue weighted by atomic mass is 16.4. The number of carbonyl (C=O) groups is 3. The molecule has 1 amide bonds. The molecule has 2 aliphatic rings. The summed E-state index contributed by atoms with van der Waals surface area (Å²) in [4.78, 5) is 41.5. The number of hydrogen-bond donors (Lipinski definition) is 1. The van der Waals surface area contributed by atoms with E-state index >= 15 is 0 Å². The average molecular weight is 328 g/mol. The minimum absolute atomic E-state index is 0.0284. The fraction of sp³-hybridized carbons (Fsp3) is 0.438. The van der Waals surface area contributed by atoms with E-state index in [1.165, 1.54) is 16.5 Å². The van der Waals surface area contributed by atoms with Crippen molar-refractivity contribution in [3.05, 3.63) is 24.0 Å². The first-order valence-electron chi connectivity index (χ1n) is 7.84. The molecule has 3 atom stereocenters. The van der Waals surface area contributed by atoms with Crippen molar-refractivity contribution < 1.29 is 19.5 Å². The third-order valence-corrected chi connectivity index (χ3v) is 4.80. The van der Waals surface area contributed by atoms with Gasteiger partial charge in [0.2, 0.25) is 5.91 Å². The van der Waals surface area contributed by atoms with Crippen LogP contribution in [-0.4, -0.2) is 54.5 Å². The van der Waals surface area contributed by atoms with Crippen LogP contribution >= 0.6 is 0 Å². The van der Waals surface area contributed by atoms with Gasteiger partial charge in [-0.1, -0.05) is 0 Å². The lowest BCUT2D eigenvalue weighted by Crippen LogP contribution is -2.44. The minimum atomic E-state index is -0.969. The highest BCUT2D eigenvalue weighted by Gasteiger charge is 2.56. The molecule has 3 heterocycles. The predicted molar refractivity (Wildman–Crippen MR) is 82.3 cm³/mol. The van der Waals surface area contributed by atoms with E-state index in [4.69, 9.17) is 0 Å². The summed E-state index contributed by atoms with van der Waals surface area (Å²) in [6.07, 6.45) is 2.95. The van der Waals surface area contributed by atoms with Gasteiger partial charge in [-0.3, -0.25) is 9.59 Å². The highest BCUT2D eigenvalue weighted by Crippen LogP contribution is 2.47. The van der Waals surface area contributed by atoms with Crippen LogP contribution in [0.2, 0.25) is 0 Å². The number of likely N-dealkylation sites (tertiary alicyclic amines) is 1. The van der Waals surface area contributed by atoms with Crippen molar-refractivity contribution in [2.75, 3.05) is 0 Å². The van der Waals surface area contributed by atoms with Crippen molar-refractivity contribution in [2.24, 2.45) is 5.92 Å². The molecule has 2 fully saturated rings. The van der Waals surface area contributed by atoms with Crippen LogP contribution in [0, 0.1) is 5.92 Å². The molecule has 0 spiro atoms. The lowest BCUT2D eigenvalue weighted by molar-refractivity contribution is -0.149. The van der Waals surface area contributed by atoms with Crippen LogP contribution in [0.4, 0.5) is 0 Å². The van der Waals surface area contributed by atoms with Gasteiger partial charge in [-0.15, -0.1) is 0 Å². The lowest BCUT2D eigenvalue weighted by Gasteiger charge is -2.24. The molecule has 1 N–H and O–H groups in total. The topological polar surface area (TPSA) is 105 Å². The van der Waals surface area contributed by atoms with Gasteiger partial charge in [-0.2, -0.15) is 5.10 Å². The normalized spacial score (nSPS) is 24.9. The molecule has 0 unspecified atom stereocenters. The van der Waals surface area contributed by atoms with Crippen molar-refractivity contribution in [3.63, 3.8) is 0 Å². The Morgan fingerprint density at radius 3 is 2.83 bits per heavy atom. The van der Waals surface area contributed by atoms with Crippen LogP contribution in [0.3, 0.4) is 0 Å². The van der Waals surface area contributed by atoms with E-state index in [1.807, 2.05) is 0 Å². The molecule has 8 nitrogen and oxygen atoms in total. The predicted octanol–water partition coefficient (Wildman–Crippen LogP) is 0.708. The number of ketones is 1. The van der Waals surface area contributed by atoms with E-state index < -0.39 is 12.0 Å². The first-order valence-corrected chi connectivity index (χ1v) is 7.84. The highest BCUT2D eigenvalue weighted by molar-refractivity contribution is 6.04. The van der Waals surface area contributed by atoms with E-state index in [9.17, 15) is 19.5 Å². The molecular formula is C16H16N4O4. The number of amides is 1. The summed E-state index contributed by atoms with van der Waals surface area (Å²) < 4.78 is 1.39. The molecule has 1 aliphatic heterocycles. The van der Waals surface area contributed by atoms with Crippen LogP contribution < -0.4 is 0 Å². The number of carboxylic acid groups (broad SMARTS) is 1. The number of carboxylic acids is 1. The summed E-state index contributed by atoms with van der Waals surface area (Å²) in [5.41, 5.74) is 0.723. The lowest BCUT2D eigenvalue weighted by atomic mass is 10.1. The summed E-state index contributed by atoms with van der Waals surface area (Å²) in [7, 11) is 0. The van der Waals surface area contributed by atoms with E-state index in [0.29, 0.717) is 23.4 Å². The Labute approximate surface area is 137 Å². The van der Waals surface area contributed by atoms with Crippen LogP contribution in [0.25, 0.3) is 11.0 Å². The van der Waals surface area contributed by atoms with Gasteiger partial charge in [-0.05, 0) is 30.9 Å². The van der Waals surface area contributed by atoms with Gasteiger partial charge in [0, 0.05) is 19.2 Å². The van der Waals surface area contributed by atoms with Gasteiger partial charge in [-0.25, -0.2) is 14.5 Å². The second kappa shape index (κ2) is 5.12. The third-order valence-electron chi connectivity index (χ3n) is 4.80. The Hall–Kier alpha value is -2.77. The molecular weight excluding hydrogens is 312 g/mol. The van der Waals surface area contributed by atoms with Crippen molar-refractivity contribution in [1.82, 2.24) is 19.7 Å². The van der Waals surface area contributed by atoms with E-state index in [-0.39, 0.29) is 30.0 Å². The molecule has 24 heavy (non-hydrogen) atoms. The summed E-state index contributed by atoms with van der Waals surface area (Å²) in [5, 5.41) is 14.1. The monoisotopic (exact) mass is 328 g/mol. The minimum Gasteiger partial charge on any atom is -0.480 e. The number of piperidine rings is 1. The van der Waals surface area contributed by atoms with Crippen LogP contribution in [0.1, 0.15) is 30.3 Å². The SMILES string of the molecule is CC(=O)c1nn(CC(=O)N2[C@@H]3C[C@@H]3C[C@H]2C(=O)O)c2ncccc12. The zero-order valence-corrected chi connectivity index (χ0v) is 13.0. The Morgan fingerprint density at radius 2 is 2.12 bits per heavy atom. The number of Topliss-reactive ketones (excluding diaryl/α,β-unsaturated/α-hetero) is 1. The van der Waals surface area contributed by atoms with Crippen molar-refractivity contribution in [3.8, 4) is 0 Å². The first-order chi connectivity index (χ1) is 11.5. The number of hydrogen-bond acceptors (Lipinski definition) is 5. The fourth-order valence-corrected chi connectivity index (χ4v) is 3.63. The third kappa shape index (κ3) is 2.17. The van der Waals surface area contributed by atoms with Gasteiger partial charge in [0.25, 0.3) is 0 Å². The van der Waals surface area contributed by atoms with E-state index in [1.54, 1.807) is 18.3 Å². The zero-order valence-electron chi connectivity index (χ0n) is 13.0. The maximum absolute atomic E-state index is 12.7. The number of aromatic nitrogens is 3. The first kappa shape index (κ1) is 14.8. The standard InChI is InChI=1S/C16H16N4O4/c1-8(21)14-10-3-2-4-17-15(10)19(18-14)7-13(22)20-11-5-9(11)6-12(20)16(23)24/h2-4,9,11-12H,5-7H2,1H3,(H,23,24)/t9-,11-,12+/m1/s1. The molecule has 2 aromatic rings. The number of pyridine rings is 1. The van der Waals surface area contributed by atoms with Crippen LogP contribution in [0.5, 0.6) is 0 Å². The molecule has 4 rings (SSSR count). The fourth-order valence-electron chi connectivity index (χ4n) is 3.63. The largest absolute Gasteiger partial charge is 0.480 e. The molecule has 124 valence electrons. The summed E-state index contributed by atoms with van der Waals surface area (Å²) in [6.45, 7) is 1.30. The van der Waals surface area contributed by atoms with Gasteiger partial charge >= 0.3 is 5.97 Å². The number of rotatable bonds is 4. The molecule has 8 heteroatoms. The van der Waals surface area contributed by atoms with Crippen LogP contribution in [-0.2, 0) is 16.1 Å². The zero-order chi connectivity index (χ0) is 17.0. The quantitative estimate of drug-likeness (QED) is 0.829. The summed E-state index contributed by atoms with van der Waals surface area (Å²) in [5.74, 6) is -1.16. The Bertz CT molecular complexity index is 874. The molecule has 1 aliphatic carbocycles. The van der Waals surface area contributed by atoms with E-state index in [0.717, 1.165) is 6.42 Å². The second-order valence-corrected chi connectivity index (χ2v) is 6.39. The molecule has 0 aromatic carbocycles. The average Bonchev–Trinajstić information content (AvgIpc) is 3.04. The molecule has 1 saturated heterocycles. The van der Waals surface area contributed by atoms with E-state index in [2.05, 4.69) is 10.1 Å². The van der Waals surface area contributed by atoms with Gasteiger partial charge in [0.15, 0.2) is 11.4 Å². The molecule has 2 aromatic heterocycles. The molecule has 0 radical (unpaired) electrons. The number of carbonyl (C=O) groups excluding carboxylic acids is 2. The number of fused-ring (bicyclic) bond motifs is 2. The van der Waals surface area contributed by atoms with Gasteiger partial charge in [0.1, 0.15) is 18.3 Å². The Kier molecular flexibility index (Phi) is 3.16. The molecule has 1 saturated carbocycles. The van der Waals surface area contributed by atoms with Crippen molar-refractivity contribution in [2.45, 2.75) is 38.4 Å². The summed E-state index contributed by atoms with van der Waals surface area (Å²) in [6, 6.07) is 2.71. The summed E-state index contributed by atoms with van der Waals surface area (Å²) >= 11 is 0. The van der Waals surface area contributed by atoms with Gasteiger partial charge in [0.05, 0.1) is 5.39 Å². The maximum Gasteiger partial charge on any atom is 0.326 e. The molecule has 0 bridgehead atoms. The Morgan fingerprint density at radius 1 is 1.33 bits per heavy atom. The van der Waals surface area contributed by atoms with Crippen LogP contribution in [0.15, 0.2) is 18.3 Å². The number of aliphatic carboxylic acids is 1. The van der Waals surface area contributed by atoms with Crippen molar-refractivity contribution >= 4 is 28.7 Å². The maximum atomic E-state index is 12.7. The van der Waals surface area contributed by atoms with Gasteiger partial charge < -0.3 is 10.0 Å². The Balaban J connectivity index is 1.66.